The summed E-state index contributed by atoms with van der Waals surface area (Å²) < 4.78 is 2.33. The predicted molar refractivity (Wildman–Crippen MR) is 75.1 cm³/mol. The lowest BCUT2D eigenvalue weighted by atomic mass is 9.97. The van der Waals surface area contributed by atoms with Gasteiger partial charge in [0, 0.05) is 31.5 Å². The fourth-order valence-electron chi connectivity index (χ4n) is 2.90. The topological polar surface area (TPSA) is 38.0 Å². The minimum atomic E-state index is 0.290. The molecule has 3 nitrogen and oxygen atoms in total. The Morgan fingerprint density at radius 1 is 1.42 bits per heavy atom. The number of rotatable bonds is 3. The summed E-state index contributed by atoms with van der Waals surface area (Å²) in [6.07, 6.45) is 4.89. The van der Waals surface area contributed by atoms with E-state index in [0.717, 1.165) is 31.6 Å². The summed E-state index contributed by atoms with van der Waals surface area (Å²) in [7, 11) is 0. The molecule has 1 aromatic heterocycles. The van der Waals surface area contributed by atoms with Crippen molar-refractivity contribution in [1.82, 2.24) is 9.55 Å². The third-order valence-electron chi connectivity index (χ3n) is 3.98. The molecule has 0 radical (unpaired) electrons. The number of aryl methyl sites for hydroxylation is 1. The summed E-state index contributed by atoms with van der Waals surface area (Å²) in [6.45, 7) is 3.40. The molecular formula is C16H20N2O. The fraction of sp³-hybridized carbons (Fsp3) is 0.438. The van der Waals surface area contributed by atoms with E-state index in [1.165, 1.54) is 16.8 Å². The van der Waals surface area contributed by atoms with Gasteiger partial charge < -0.3 is 9.67 Å². The Bertz CT molecular complexity index is 574. The molecule has 19 heavy (non-hydrogen) atoms. The van der Waals surface area contributed by atoms with E-state index in [9.17, 15) is 5.11 Å². The van der Waals surface area contributed by atoms with E-state index < -0.39 is 0 Å². The first-order valence-corrected chi connectivity index (χ1v) is 6.96. The number of hydrogen-bond acceptors (Lipinski definition) is 2. The molecule has 3 heteroatoms. The lowest BCUT2D eigenvalue weighted by Gasteiger charge is -2.23. The number of hydrogen-bond donors (Lipinski definition) is 1. The number of fused-ring (bicyclic) bond motifs is 1. The molecule has 2 heterocycles. The van der Waals surface area contributed by atoms with Gasteiger partial charge in [0.2, 0.25) is 0 Å². The molecule has 1 N–H and O–H groups in total. The number of nitrogens with zero attached hydrogens (tertiary/aromatic N) is 2. The highest BCUT2D eigenvalue weighted by Gasteiger charge is 2.20. The Labute approximate surface area is 113 Å². The largest absolute Gasteiger partial charge is 0.396 e. The first-order valence-electron chi connectivity index (χ1n) is 6.96. The lowest BCUT2D eigenvalue weighted by molar-refractivity contribution is 0.200. The third-order valence-corrected chi connectivity index (χ3v) is 3.98. The molecule has 1 aromatic carbocycles. The van der Waals surface area contributed by atoms with Crippen molar-refractivity contribution in [2.75, 3.05) is 6.61 Å². The van der Waals surface area contributed by atoms with Crippen LogP contribution in [0.5, 0.6) is 0 Å². The molecule has 1 atom stereocenters. The van der Waals surface area contributed by atoms with Crippen molar-refractivity contribution in [2.24, 2.45) is 5.92 Å². The summed E-state index contributed by atoms with van der Waals surface area (Å²) >= 11 is 0. The second kappa shape index (κ2) is 5.17. The zero-order chi connectivity index (χ0) is 13.2. The van der Waals surface area contributed by atoms with Crippen LogP contribution in [0, 0.1) is 12.8 Å². The molecule has 1 unspecified atom stereocenters. The Balaban J connectivity index is 1.82. The van der Waals surface area contributed by atoms with Gasteiger partial charge in [0.15, 0.2) is 0 Å². The number of aliphatic hydroxyl groups excluding tert-OH is 1. The van der Waals surface area contributed by atoms with Crippen LogP contribution in [0.1, 0.15) is 29.1 Å². The van der Waals surface area contributed by atoms with Gasteiger partial charge in [0.1, 0.15) is 5.82 Å². The summed E-state index contributed by atoms with van der Waals surface area (Å²) in [5.41, 5.74) is 3.88. The van der Waals surface area contributed by atoms with Crippen molar-refractivity contribution in [3.05, 3.63) is 53.1 Å². The Morgan fingerprint density at radius 3 is 3.11 bits per heavy atom. The molecule has 0 saturated heterocycles. The second-order valence-electron chi connectivity index (χ2n) is 5.52. The van der Waals surface area contributed by atoms with E-state index in [0.29, 0.717) is 12.5 Å². The number of aliphatic hydroxyl groups is 1. The highest BCUT2D eigenvalue weighted by atomic mass is 16.3. The molecule has 0 spiro atoms. The van der Waals surface area contributed by atoms with Crippen LogP contribution in [0.4, 0.5) is 0 Å². The Kier molecular flexibility index (Phi) is 3.38. The minimum absolute atomic E-state index is 0.290. The van der Waals surface area contributed by atoms with E-state index in [-0.39, 0.29) is 0 Å². The van der Waals surface area contributed by atoms with Crippen molar-refractivity contribution in [1.29, 1.82) is 0 Å². The Morgan fingerprint density at radius 2 is 2.32 bits per heavy atom. The van der Waals surface area contributed by atoms with E-state index in [4.69, 9.17) is 0 Å². The van der Waals surface area contributed by atoms with Crippen LogP contribution in [0.25, 0.3) is 0 Å². The van der Waals surface area contributed by atoms with Gasteiger partial charge in [0.25, 0.3) is 0 Å². The summed E-state index contributed by atoms with van der Waals surface area (Å²) in [6, 6.07) is 8.61. The zero-order valence-electron chi connectivity index (χ0n) is 11.3. The van der Waals surface area contributed by atoms with Crippen molar-refractivity contribution in [2.45, 2.75) is 32.7 Å². The lowest BCUT2D eigenvalue weighted by Crippen LogP contribution is -2.22. The molecule has 0 saturated carbocycles. The summed E-state index contributed by atoms with van der Waals surface area (Å²) in [5, 5.41) is 9.26. The maximum atomic E-state index is 9.26. The molecule has 0 fully saturated rings. The van der Waals surface area contributed by atoms with Gasteiger partial charge in [-0.25, -0.2) is 4.98 Å². The maximum Gasteiger partial charge on any atom is 0.113 e. The third kappa shape index (κ3) is 2.56. The maximum absolute atomic E-state index is 9.26. The van der Waals surface area contributed by atoms with Gasteiger partial charge in [-0.15, -0.1) is 0 Å². The van der Waals surface area contributed by atoms with Crippen LogP contribution in [0.15, 0.2) is 30.5 Å². The van der Waals surface area contributed by atoms with Gasteiger partial charge in [-0.05, 0) is 31.2 Å². The summed E-state index contributed by atoms with van der Waals surface area (Å²) in [5.74, 6) is 1.56. The fourth-order valence-corrected chi connectivity index (χ4v) is 2.90. The van der Waals surface area contributed by atoms with E-state index in [1.807, 2.05) is 6.20 Å². The molecule has 1 aliphatic heterocycles. The molecule has 1 aliphatic rings. The normalized spacial score (nSPS) is 18.3. The first kappa shape index (κ1) is 12.4. The molecule has 2 aromatic rings. The molecule has 0 amide bonds. The molecule has 0 bridgehead atoms. The van der Waals surface area contributed by atoms with E-state index in [1.54, 1.807) is 0 Å². The van der Waals surface area contributed by atoms with Crippen LogP contribution in [-0.4, -0.2) is 21.3 Å². The molecular weight excluding hydrogens is 236 g/mol. The van der Waals surface area contributed by atoms with Crippen LogP contribution < -0.4 is 0 Å². The average Bonchev–Trinajstić information content (AvgIpc) is 2.81. The van der Waals surface area contributed by atoms with E-state index in [2.05, 4.69) is 40.7 Å². The van der Waals surface area contributed by atoms with Crippen LogP contribution in [0.2, 0.25) is 0 Å². The average molecular weight is 256 g/mol. The molecule has 100 valence electrons. The van der Waals surface area contributed by atoms with Gasteiger partial charge >= 0.3 is 0 Å². The summed E-state index contributed by atoms with van der Waals surface area (Å²) in [4.78, 5) is 4.57. The molecule has 3 rings (SSSR count). The molecule has 0 aliphatic carbocycles. The van der Waals surface area contributed by atoms with Crippen molar-refractivity contribution < 1.29 is 5.11 Å². The van der Waals surface area contributed by atoms with E-state index >= 15 is 0 Å². The predicted octanol–water partition coefficient (Wildman–Crippen LogP) is 2.34. The Hall–Kier alpha value is -1.61. The van der Waals surface area contributed by atoms with Crippen LogP contribution in [0.3, 0.4) is 0 Å². The highest BCUT2D eigenvalue weighted by Crippen LogP contribution is 2.22. The highest BCUT2D eigenvalue weighted by molar-refractivity contribution is 5.26. The van der Waals surface area contributed by atoms with Gasteiger partial charge in [0.05, 0.1) is 0 Å². The quantitative estimate of drug-likeness (QED) is 0.915. The smallest absolute Gasteiger partial charge is 0.113 e. The number of imidazole rings is 1. The number of aromatic nitrogens is 2. The van der Waals surface area contributed by atoms with Crippen molar-refractivity contribution in [3.8, 4) is 0 Å². The minimum Gasteiger partial charge on any atom is -0.396 e. The first-order chi connectivity index (χ1) is 9.26. The standard InChI is InChI=1S/C16H20N2O/c1-12-3-2-4-13(7-12)9-16-17-10-15-8-14(11-19)5-6-18(15)16/h2-4,7,10,14,19H,5-6,8-9,11H2,1H3. The SMILES string of the molecule is Cc1cccc(Cc2ncc3n2CCC(CO)C3)c1. The number of benzene rings is 1. The van der Waals surface area contributed by atoms with Crippen LogP contribution in [-0.2, 0) is 19.4 Å². The van der Waals surface area contributed by atoms with Gasteiger partial charge in [-0.2, -0.15) is 0 Å². The van der Waals surface area contributed by atoms with Gasteiger partial charge in [-0.3, -0.25) is 0 Å². The zero-order valence-corrected chi connectivity index (χ0v) is 11.3. The van der Waals surface area contributed by atoms with Gasteiger partial charge in [-0.1, -0.05) is 29.8 Å². The second-order valence-corrected chi connectivity index (χ2v) is 5.52. The van der Waals surface area contributed by atoms with Crippen molar-refractivity contribution >= 4 is 0 Å². The van der Waals surface area contributed by atoms with Crippen LogP contribution >= 0.6 is 0 Å². The van der Waals surface area contributed by atoms with Crippen molar-refractivity contribution in [3.63, 3.8) is 0 Å². The monoisotopic (exact) mass is 256 g/mol.